The van der Waals surface area contributed by atoms with Crippen molar-refractivity contribution in [1.29, 1.82) is 0 Å². The van der Waals surface area contributed by atoms with Crippen LogP contribution in [0.3, 0.4) is 0 Å². The summed E-state index contributed by atoms with van der Waals surface area (Å²) in [4.78, 5) is 10.5. The first-order valence-electron chi connectivity index (χ1n) is 8.66. The molecule has 1 aromatic carbocycles. The van der Waals surface area contributed by atoms with Crippen LogP contribution in [0.1, 0.15) is 26.2 Å². The molecular formula is C20H22ClN7O. The third-order valence-corrected chi connectivity index (χ3v) is 4.81. The van der Waals surface area contributed by atoms with Crippen molar-refractivity contribution in [2.75, 3.05) is 11.9 Å². The normalized spacial score (nSPS) is 11.7. The van der Waals surface area contributed by atoms with Gasteiger partial charge < -0.3 is 9.42 Å². The second-order valence-electron chi connectivity index (χ2n) is 6.37. The van der Waals surface area contributed by atoms with Crippen LogP contribution in [0.5, 0.6) is 0 Å². The molecule has 0 fully saturated rings. The molecule has 9 heteroatoms. The number of anilines is 1. The van der Waals surface area contributed by atoms with E-state index in [2.05, 4.69) is 25.3 Å². The average Bonchev–Trinajstić information content (AvgIpc) is 3.35. The summed E-state index contributed by atoms with van der Waals surface area (Å²) in [5.74, 6) is 2.41. The first-order chi connectivity index (χ1) is 13.5. The van der Waals surface area contributed by atoms with Gasteiger partial charge in [0.05, 0.1) is 6.04 Å². The predicted molar refractivity (Wildman–Crippen MR) is 113 cm³/mol. The fraction of sp³-hybridized carbons (Fsp3) is 0.250. The Labute approximate surface area is 174 Å². The van der Waals surface area contributed by atoms with Crippen molar-refractivity contribution in [3.05, 3.63) is 59.6 Å². The van der Waals surface area contributed by atoms with Gasteiger partial charge in [0, 0.05) is 42.6 Å². The number of nitrogens with zero attached hydrogens (tertiary/aromatic N) is 7. The second-order valence-corrected chi connectivity index (χ2v) is 6.81. The molecule has 0 bridgehead atoms. The van der Waals surface area contributed by atoms with Gasteiger partial charge in [-0.1, -0.05) is 30.3 Å². The maximum Gasteiger partial charge on any atom is 0.258 e. The molecule has 0 aliphatic rings. The summed E-state index contributed by atoms with van der Waals surface area (Å²) in [5.41, 5.74) is 1.72. The van der Waals surface area contributed by atoms with E-state index in [9.17, 15) is 0 Å². The SMILES string of the molecule is C.C[C@@H](c1noc(-c2cccc(Cl)c2)n1)N(C)c1nnc(-c2ccncc2)n1C. The van der Waals surface area contributed by atoms with Crippen LogP contribution in [-0.2, 0) is 7.05 Å². The maximum atomic E-state index is 6.04. The monoisotopic (exact) mass is 411 g/mol. The van der Waals surface area contributed by atoms with Crippen LogP contribution in [0, 0.1) is 0 Å². The lowest BCUT2D eigenvalue weighted by Gasteiger charge is -2.22. The molecule has 0 spiro atoms. The average molecular weight is 412 g/mol. The predicted octanol–water partition coefficient (Wildman–Crippen LogP) is 4.41. The van der Waals surface area contributed by atoms with Crippen LogP contribution in [0.4, 0.5) is 5.95 Å². The van der Waals surface area contributed by atoms with Gasteiger partial charge in [0.15, 0.2) is 11.6 Å². The number of pyridine rings is 1. The van der Waals surface area contributed by atoms with E-state index >= 15 is 0 Å². The Hall–Kier alpha value is -3.26. The summed E-state index contributed by atoms with van der Waals surface area (Å²) in [6.45, 7) is 1.98. The highest BCUT2D eigenvalue weighted by Crippen LogP contribution is 2.27. The molecule has 0 saturated heterocycles. The molecular weight excluding hydrogens is 390 g/mol. The van der Waals surface area contributed by atoms with Crippen molar-refractivity contribution < 1.29 is 4.52 Å². The minimum atomic E-state index is -0.176. The molecule has 0 aliphatic carbocycles. The van der Waals surface area contributed by atoms with E-state index in [1.54, 1.807) is 24.5 Å². The molecule has 0 amide bonds. The summed E-state index contributed by atoms with van der Waals surface area (Å²) in [6.07, 6.45) is 3.46. The van der Waals surface area contributed by atoms with Crippen LogP contribution in [0.2, 0.25) is 5.02 Å². The highest BCUT2D eigenvalue weighted by Gasteiger charge is 2.23. The lowest BCUT2D eigenvalue weighted by Crippen LogP contribution is -2.25. The molecule has 150 valence electrons. The minimum Gasteiger partial charge on any atom is -0.334 e. The Morgan fingerprint density at radius 3 is 2.59 bits per heavy atom. The van der Waals surface area contributed by atoms with E-state index in [0.29, 0.717) is 22.7 Å². The molecule has 3 heterocycles. The summed E-state index contributed by atoms with van der Waals surface area (Å²) < 4.78 is 7.34. The minimum absolute atomic E-state index is 0. The van der Waals surface area contributed by atoms with E-state index in [4.69, 9.17) is 16.1 Å². The molecule has 4 rings (SSSR count). The van der Waals surface area contributed by atoms with E-state index in [-0.39, 0.29) is 13.5 Å². The lowest BCUT2D eigenvalue weighted by molar-refractivity contribution is 0.416. The van der Waals surface area contributed by atoms with Crippen molar-refractivity contribution in [2.24, 2.45) is 7.05 Å². The summed E-state index contributed by atoms with van der Waals surface area (Å²) in [7, 11) is 3.84. The van der Waals surface area contributed by atoms with Crippen LogP contribution >= 0.6 is 11.6 Å². The molecule has 0 saturated carbocycles. The van der Waals surface area contributed by atoms with Gasteiger partial charge in [0.25, 0.3) is 5.89 Å². The van der Waals surface area contributed by atoms with Crippen LogP contribution < -0.4 is 4.90 Å². The Kier molecular flexibility index (Phi) is 5.93. The number of benzene rings is 1. The lowest BCUT2D eigenvalue weighted by atomic mass is 10.2. The van der Waals surface area contributed by atoms with Crippen LogP contribution in [0.15, 0.2) is 53.3 Å². The molecule has 8 nitrogen and oxygen atoms in total. The third kappa shape index (κ3) is 3.97. The van der Waals surface area contributed by atoms with E-state index in [0.717, 1.165) is 17.0 Å². The standard InChI is InChI=1S/C19H18ClN7O.CH4/c1-12(16-22-18(28-25-16)14-5-4-6-15(20)11-14)26(2)19-24-23-17(27(19)3)13-7-9-21-10-8-13;/h4-12H,1-3H3;1H4/t12-;/m0./s1. The van der Waals surface area contributed by atoms with Gasteiger partial charge in [-0.3, -0.25) is 9.55 Å². The van der Waals surface area contributed by atoms with Crippen molar-refractivity contribution in [3.8, 4) is 22.8 Å². The van der Waals surface area contributed by atoms with Gasteiger partial charge in [0.1, 0.15) is 0 Å². The van der Waals surface area contributed by atoms with Crippen molar-refractivity contribution in [2.45, 2.75) is 20.4 Å². The van der Waals surface area contributed by atoms with Gasteiger partial charge in [-0.05, 0) is 37.3 Å². The zero-order valence-electron chi connectivity index (χ0n) is 15.6. The van der Waals surface area contributed by atoms with Crippen molar-refractivity contribution >= 4 is 17.5 Å². The summed E-state index contributed by atoms with van der Waals surface area (Å²) in [6, 6.07) is 10.9. The Morgan fingerprint density at radius 1 is 1.10 bits per heavy atom. The van der Waals surface area contributed by atoms with Gasteiger partial charge in [-0.2, -0.15) is 4.98 Å². The third-order valence-electron chi connectivity index (χ3n) is 4.57. The van der Waals surface area contributed by atoms with Crippen molar-refractivity contribution in [3.63, 3.8) is 0 Å². The Balaban J connectivity index is 0.00000240. The molecule has 0 unspecified atom stereocenters. The molecule has 1 atom stereocenters. The maximum absolute atomic E-state index is 6.04. The van der Waals surface area contributed by atoms with Crippen LogP contribution in [0.25, 0.3) is 22.8 Å². The molecule has 0 aliphatic heterocycles. The van der Waals surface area contributed by atoms with E-state index < -0.39 is 0 Å². The number of hydrogen-bond donors (Lipinski definition) is 0. The zero-order chi connectivity index (χ0) is 19.7. The number of hydrogen-bond acceptors (Lipinski definition) is 7. The fourth-order valence-corrected chi connectivity index (χ4v) is 3.06. The second kappa shape index (κ2) is 8.40. The zero-order valence-corrected chi connectivity index (χ0v) is 16.4. The quantitative estimate of drug-likeness (QED) is 0.480. The number of aromatic nitrogens is 6. The number of rotatable bonds is 5. The largest absolute Gasteiger partial charge is 0.334 e. The Morgan fingerprint density at radius 2 is 1.86 bits per heavy atom. The van der Waals surface area contributed by atoms with E-state index in [1.807, 2.05) is 54.8 Å². The molecule has 3 aromatic heterocycles. The van der Waals surface area contributed by atoms with E-state index in [1.165, 1.54) is 0 Å². The topological polar surface area (TPSA) is 85.8 Å². The number of halogens is 1. The summed E-state index contributed by atoms with van der Waals surface area (Å²) in [5, 5.41) is 13.4. The molecule has 4 aromatic rings. The van der Waals surface area contributed by atoms with Gasteiger partial charge in [-0.25, -0.2) is 0 Å². The first-order valence-corrected chi connectivity index (χ1v) is 9.04. The fourth-order valence-electron chi connectivity index (χ4n) is 2.87. The molecule has 29 heavy (non-hydrogen) atoms. The van der Waals surface area contributed by atoms with Gasteiger partial charge >= 0.3 is 0 Å². The Bertz CT molecular complexity index is 1090. The van der Waals surface area contributed by atoms with Gasteiger partial charge in [0.2, 0.25) is 5.95 Å². The van der Waals surface area contributed by atoms with Gasteiger partial charge in [-0.15, -0.1) is 10.2 Å². The van der Waals surface area contributed by atoms with Crippen molar-refractivity contribution in [1.82, 2.24) is 29.9 Å². The van der Waals surface area contributed by atoms with Crippen LogP contribution in [-0.4, -0.2) is 36.9 Å². The highest BCUT2D eigenvalue weighted by molar-refractivity contribution is 6.30. The highest BCUT2D eigenvalue weighted by atomic mass is 35.5. The smallest absolute Gasteiger partial charge is 0.258 e. The molecule has 0 N–H and O–H groups in total. The summed E-state index contributed by atoms with van der Waals surface area (Å²) >= 11 is 6.04. The molecule has 0 radical (unpaired) electrons. The first kappa shape index (κ1) is 20.5.